The van der Waals surface area contributed by atoms with Gasteiger partial charge in [0.2, 0.25) is 0 Å². The third-order valence-electron chi connectivity index (χ3n) is 5.99. The SMILES string of the molecule is C=C(c1ccc(C=NO)cc1)c1cc2c(cc1C)C(C)(C)CCC2(C)C. The van der Waals surface area contributed by atoms with Crippen molar-refractivity contribution in [3.63, 3.8) is 0 Å². The fourth-order valence-corrected chi connectivity index (χ4v) is 4.04. The zero-order valence-corrected chi connectivity index (χ0v) is 16.6. The molecule has 0 aliphatic heterocycles. The molecule has 136 valence electrons. The van der Waals surface area contributed by atoms with E-state index in [1.165, 1.54) is 41.3 Å². The molecular formula is C24H29NO. The number of benzene rings is 2. The summed E-state index contributed by atoms with van der Waals surface area (Å²) in [7, 11) is 0. The normalized spacial score (nSPS) is 17.9. The number of rotatable bonds is 3. The molecule has 0 fully saturated rings. The van der Waals surface area contributed by atoms with E-state index >= 15 is 0 Å². The Morgan fingerprint density at radius 2 is 1.54 bits per heavy atom. The second-order valence-electron chi connectivity index (χ2n) is 8.83. The van der Waals surface area contributed by atoms with Gasteiger partial charge in [-0.1, -0.05) is 75.8 Å². The number of hydrogen-bond donors (Lipinski definition) is 1. The molecule has 0 bridgehead atoms. The van der Waals surface area contributed by atoms with Crippen LogP contribution in [-0.2, 0) is 10.8 Å². The number of aryl methyl sites for hydroxylation is 1. The Labute approximate surface area is 157 Å². The Balaban J connectivity index is 2.07. The fourth-order valence-electron chi connectivity index (χ4n) is 4.04. The molecule has 3 rings (SSSR count). The minimum Gasteiger partial charge on any atom is -0.411 e. The summed E-state index contributed by atoms with van der Waals surface area (Å²) in [4.78, 5) is 0. The molecule has 0 unspecified atom stereocenters. The quantitative estimate of drug-likeness (QED) is 0.399. The van der Waals surface area contributed by atoms with Gasteiger partial charge < -0.3 is 5.21 Å². The standard InChI is InChI=1S/C24H29NO/c1-16-13-21-22(24(5,6)12-11-23(21,3)4)14-20(16)17(2)19-9-7-18(8-10-19)15-25-26/h7-10,13-15,26H,2,11-12H2,1,3-6H3. The van der Waals surface area contributed by atoms with Crippen molar-refractivity contribution in [2.75, 3.05) is 0 Å². The molecule has 1 N–H and O–H groups in total. The molecule has 2 nitrogen and oxygen atoms in total. The molecule has 2 aromatic rings. The largest absolute Gasteiger partial charge is 0.411 e. The highest BCUT2D eigenvalue weighted by molar-refractivity contribution is 5.83. The lowest BCUT2D eigenvalue weighted by molar-refractivity contribution is 0.322. The Bertz CT molecular complexity index is 870. The van der Waals surface area contributed by atoms with E-state index in [1.54, 1.807) is 0 Å². The van der Waals surface area contributed by atoms with Crippen LogP contribution in [0, 0.1) is 6.92 Å². The Kier molecular flexibility index (Phi) is 4.56. The smallest absolute Gasteiger partial charge is 0.0733 e. The Hall–Kier alpha value is -2.35. The van der Waals surface area contributed by atoms with Gasteiger partial charge in [-0.25, -0.2) is 0 Å². The predicted octanol–water partition coefficient (Wildman–Crippen LogP) is 6.21. The van der Waals surface area contributed by atoms with E-state index in [2.05, 4.69) is 58.5 Å². The molecule has 2 aromatic carbocycles. The summed E-state index contributed by atoms with van der Waals surface area (Å²) in [6, 6.07) is 12.7. The van der Waals surface area contributed by atoms with Gasteiger partial charge >= 0.3 is 0 Å². The molecule has 0 heterocycles. The predicted molar refractivity (Wildman–Crippen MR) is 110 cm³/mol. The second-order valence-corrected chi connectivity index (χ2v) is 8.83. The van der Waals surface area contributed by atoms with Gasteiger partial charge in [-0.05, 0) is 69.5 Å². The summed E-state index contributed by atoms with van der Waals surface area (Å²) in [5.74, 6) is 0. The van der Waals surface area contributed by atoms with Gasteiger partial charge in [0.25, 0.3) is 0 Å². The van der Waals surface area contributed by atoms with Crippen LogP contribution in [0.3, 0.4) is 0 Å². The number of nitrogens with zero attached hydrogens (tertiary/aromatic N) is 1. The first-order valence-corrected chi connectivity index (χ1v) is 9.28. The highest BCUT2D eigenvalue weighted by atomic mass is 16.4. The zero-order chi connectivity index (χ0) is 19.1. The van der Waals surface area contributed by atoms with Crippen molar-refractivity contribution in [2.45, 2.75) is 58.3 Å². The lowest BCUT2D eigenvalue weighted by Gasteiger charge is -2.42. The molecule has 0 atom stereocenters. The minimum absolute atomic E-state index is 0.190. The van der Waals surface area contributed by atoms with Crippen LogP contribution < -0.4 is 0 Å². The van der Waals surface area contributed by atoms with Gasteiger partial charge in [0.05, 0.1) is 6.21 Å². The van der Waals surface area contributed by atoms with Crippen LogP contribution in [0.5, 0.6) is 0 Å². The van der Waals surface area contributed by atoms with Gasteiger partial charge in [-0.3, -0.25) is 0 Å². The summed E-state index contributed by atoms with van der Waals surface area (Å²) < 4.78 is 0. The van der Waals surface area contributed by atoms with Crippen molar-refractivity contribution in [3.8, 4) is 0 Å². The Morgan fingerprint density at radius 3 is 2.08 bits per heavy atom. The van der Waals surface area contributed by atoms with Crippen LogP contribution in [0.4, 0.5) is 0 Å². The maximum Gasteiger partial charge on any atom is 0.0733 e. The molecule has 0 saturated heterocycles. The van der Waals surface area contributed by atoms with Crippen LogP contribution in [-0.4, -0.2) is 11.4 Å². The number of fused-ring (bicyclic) bond motifs is 1. The Morgan fingerprint density at radius 1 is 1.00 bits per heavy atom. The summed E-state index contributed by atoms with van der Waals surface area (Å²) in [5, 5.41) is 11.8. The van der Waals surface area contributed by atoms with Gasteiger partial charge in [0.15, 0.2) is 0 Å². The molecule has 0 spiro atoms. The van der Waals surface area contributed by atoms with E-state index in [4.69, 9.17) is 5.21 Å². The van der Waals surface area contributed by atoms with Crippen LogP contribution in [0.25, 0.3) is 5.57 Å². The van der Waals surface area contributed by atoms with Gasteiger partial charge in [0, 0.05) is 0 Å². The molecule has 0 aromatic heterocycles. The maximum atomic E-state index is 8.67. The van der Waals surface area contributed by atoms with E-state index < -0.39 is 0 Å². The molecule has 2 heteroatoms. The third kappa shape index (κ3) is 3.21. The lowest BCUT2D eigenvalue weighted by atomic mass is 9.62. The van der Waals surface area contributed by atoms with Crippen molar-refractivity contribution >= 4 is 11.8 Å². The topological polar surface area (TPSA) is 32.6 Å². The van der Waals surface area contributed by atoms with Gasteiger partial charge in [-0.2, -0.15) is 0 Å². The second kappa shape index (κ2) is 6.42. The average molecular weight is 348 g/mol. The van der Waals surface area contributed by atoms with E-state index in [0.29, 0.717) is 0 Å². The summed E-state index contributed by atoms with van der Waals surface area (Å²) in [6.45, 7) is 16.0. The first kappa shape index (κ1) is 18.4. The van der Waals surface area contributed by atoms with Crippen LogP contribution in [0.15, 0.2) is 48.1 Å². The molecule has 0 amide bonds. The molecule has 1 aliphatic carbocycles. The molecule has 0 saturated carbocycles. The molecule has 1 aliphatic rings. The van der Waals surface area contributed by atoms with E-state index in [9.17, 15) is 0 Å². The van der Waals surface area contributed by atoms with E-state index in [-0.39, 0.29) is 10.8 Å². The number of oxime groups is 1. The summed E-state index contributed by atoms with van der Waals surface area (Å²) in [5.41, 5.74) is 8.85. The highest BCUT2D eigenvalue weighted by Gasteiger charge is 2.37. The zero-order valence-electron chi connectivity index (χ0n) is 16.6. The van der Waals surface area contributed by atoms with Crippen molar-refractivity contribution in [1.29, 1.82) is 0 Å². The van der Waals surface area contributed by atoms with Crippen molar-refractivity contribution < 1.29 is 5.21 Å². The van der Waals surface area contributed by atoms with E-state index in [0.717, 1.165) is 16.7 Å². The molecular weight excluding hydrogens is 318 g/mol. The van der Waals surface area contributed by atoms with Gasteiger partial charge in [0.1, 0.15) is 0 Å². The van der Waals surface area contributed by atoms with Crippen molar-refractivity contribution in [2.24, 2.45) is 5.16 Å². The summed E-state index contributed by atoms with van der Waals surface area (Å²) in [6.07, 6.45) is 3.86. The first-order valence-electron chi connectivity index (χ1n) is 9.28. The van der Waals surface area contributed by atoms with E-state index in [1.807, 2.05) is 24.3 Å². The number of hydrogen-bond acceptors (Lipinski definition) is 2. The van der Waals surface area contributed by atoms with Crippen LogP contribution in [0.2, 0.25) is 0 Å². The molecule has 26 heavy (non-hydrogen) atoms. The average Bonchev–Trinajstić information content (AvgIpc) is 2.59. The van der Waals surface area contributed by atoms with Crippen molar-refractivity contribution in [3.05, 3.63) is 76.4 Å². The highest BCUT2D eigenvalue weighted by Crippen LogP contribution is 2.47. The van der Waals surface area contributed by atoms with Crippen LogP contribution in [0.1, 0.15) is 73.9 Å². The molecule has 0 radical (unpaired) electrons. The lowest BCUT2D eigenvalue weighted by Crippen LogP contribution is -2.34. The summed E-state index contributed by atoms with van der Waals surface area (Å²) >= 11 is 0. The fraction of sp³-hybridized carbons (Fsp3) is 0.375. The van der Waals surface area contributed by atoms with Crippen LogP contribution >= 0.6 is 0 Å². The maximum absolute atomic E-state index is 8.67. The van der Waals surface area contributed by atoms with Gasteiger partial charge in [-0.15, -0.1) is 0 Å². The monoisotopic (exact) mass is 347 g/mol. The minimum atomic E-state index is 0.190. The third-order valence-corrected chi connectivity index (χ3v) is 5.99. The van der Waals surface area contributed by atoms with Crippen molar-refractivity contribution in [1.82, 2.24) is 0 Å². The first-order chi connectivity index (χ1) is 12.2.